The molecular weight excluding hydrogens is 422 g/mol. The molecule has 32 heavy (non-hydrogen) atoms. The fourth-order valence-electron chi connectivity index (χ4n) is 3.75. The van der Waals surface area contributed by atoms with E-state index < -0.39 is 0 Å². The van der Waals surface area contributed by atoms with Crippen LogP contribution in [0.15, 0.2) is 60.4 Å². The zero-order chi connectivity index (χ0) is 22.2. The average Bonchev–Trinajstić information content (AvgIpc) is 3.23. The SMILES string of the molecule is Cc1ccc2c(Cc3ccc(O)cc3)nccc2c1NC(=O)c1csc2c(N)ncnc12. The largest absolute Gasteiger partial charge is 0.508 e. The van der Waals surface area contributed by atoms with E-state index in [4.69, 9.17) is 5.73 Å². The Morgan fingerprint density at radius 2 is 1.88 bits per heavy atom. The number of pyridine rings is 1. The van der Waals surface area contributed by atoms with E-state index in [9.17, 15) is 9.90 Å². The third-order valence-electron chi connectivity index (χ3n) is 5.41. The maximum atomic E-state index is 13.2. The molecule has 5 aromatic rings. The number of aromatic hydroxyl groups is 1. The molecule has 0 radical (unpaired) electrons. The first-order valence-electron chi connectivity index (χ1n) is 9.95. The quantitative estimate of drug-likeness (QED) is 0.373. The normalized spacial score (nSPS) is 11.2. The van der Waals surface area contributed by atoms with Gasteiger partial charge in [-0.1, -0.05) is 24.3 Å². The van der Waals surface area contributed by atoms with Gasteiger partial charge in [0.05, 0.1) is 27.2 Å². The topological polar surface area (TPSA) is 114 Å². The standard InChI is InChI=1S/C24H19N5O2S/c1-13-2-7-16-17(8-9-26-19(16)10-14-3-5-15(30)6-4-14)20(13)29-24(31)18-11-32-22-21(18)27-12-28-23(22)25/h2-9,11-12,30H,10H2,1H3,(H,29,31)(H2,25,27,28). The van der Waals surface area contributed by atoms with E-state index in [2.05, 4.69) is 20.3 Å². The maximum absolute atomic E-state index is 13.2. The van der Waals surface area contributed by atoms with Crippen molar-refractivity contribution < 1.29 is 9.90 Å². The van der Waals surface area contributed by atoms with Crippen LogP contribution in [0, 0.1) is 6.92 Å². The number of carbonyl (C=O) groups excluding carboxylic acids is 1. The Bertz CT molecular complexity index is 1480. The van der Waals surface area contributed by atoms with Crippen LogP contribution >= 0.6 is 11.3 Å². The van der Waals surface area contributed by atoms with Crippen LogP contribution in [0.3, 0.4) is 0 Å². The molecule has 0 saturated heterocycles. The maximum Gasteiger partial charge on any atom is 0.258 e. The van der Waals surface area contributed by atoms with Crippen LogP contribution in [0.1, 0.15) is 27.2 Å². The Morgan fingerprint density at radius 3 is 2.69 bits per heavy atom. The number of phenolic OH excluding ortho intramolecular Hbond substituents is 1. The number of nitrogens with one attached hydrogen (secondary N) is 1. The van der Waals surface area contributed by atoms with Gasteiger partial charge in [0.1, 0.15) is 17.9 Å². The molecule has 0 spiro atoms. The fourth-order valence-corrected chi connectivity index (χ4v) is 4.65. The molecule has 7 nitrogen and oxygen atoms in total. The second kappa shape index (κ2) is 7.90. The van der Waals surface area contributed by atoms with Crippen molar-refractivity contribution in [3.8, 4) is 5.75 Å². The van der Waals surface area contributed by atoms with Gasteiger partial charge in [0.15, 0.2) is 0 Å². The van der Waals surface area contributed by atoms with Crippen LogP contribution in [-0.2, 0) is 6.42 Å². The Kier molecular flexibility index (Phi) is 4.91. The summed E-state index contributed by atoms with van der Waals surface area (Å²) in [6.45, 7) is 1.96. The Balaban J connectivity index is 1.53. The highest BCUT2D eigenvalue weighted by atomic mass is 32.1. The van der Waals surface area contributed by atoms with Gasteiger partial charge in [-0.25, -0.2) is 9.97 Å². The number of phenols is 1. The lowest BCUT2D eigenvalue weighted by molar-refractivity contribution is 0.102. The molecule has 158 valence electrons. The van der Waals surface area contributed by atoms with E-state index in [-0.39, 0.29) is 11.7 Å². The number of hydrogen-bond donors (Lipinski definition) is 3. The molecule has 1 amide bonds. The first kappa shape index (κ1) is 19.9. The van der Waals surface area contributed by atoms with Gasteiger partial charge < -0.3 is 16.2 Å². The molecule has 3 aromatic heterocycles. The minimum Gasteiger partial charge on any atom is -0.508 e. The molecule has 4 N–H and O–H groups in total. The van der Waals surface area contributed by atoms with Crippen LogP contribution in [-0.4, -0.2) is 26.0 Å². The van der Waals surface area contributed by atoms with Gasteiger partial charge in [-0.3, -0.25) is 9.78 Å². The van der Waals surface area contributed by atoms with Crippen LogP contribution in [0.25, 0.3) is 21.0 Å². The number of nitrogen functional groups attached to an aromatic ring is 1. The van der Waals surface area contributed by atoms with Crippen molar-refractivity contribution in [1.82, 2.24) is 15.0 Å². The van der Waals surface area contributed by atoms with E-state index in [1.807, 2.05) is 37.3 Å². The molecule has 0 fully saturated rings. The summed E-state index contributed by atoms with van der Waals surface area (Å²) in [7, 11) is 0. The highest BCUT2D eigenvalue weighted by molar-refractivity contribution is 7.18. The van der Waals surface area contributed by atoms with Crippen molar-refractivity contribution in [3.63, 3.8) is 0 Å². The van der Waals surface area contributed by atoms with Gasteiger partial charge in [0.25, 0.3) is 5.91 Å². The number of amides is 1. The highest BCUT2D eigenvalue weighted by Crippen LogP contribution is 2.32. The molecule has 0 bridgehead atoms. The number of fused-ring (bicyclic) bond motifs is 2. The number of aromatic nitrogens is 3. The van der Waals surface area contributed by atoms with Crippen LogP contribution in [0.5, 0.6) is 5.75 Å². The predicted octanol–water partition coefficient (Wildman–Crippen LogP) is 4.68. The fraction of sp³-hybridized carbons (Fsp3) is 0.0833. The molecule has 0 aliphatic heterocycles. The molecule has 0 saturated carbocycles. The summed E-state index contributed by atoms with van der Waals surface area (Å²) in [5.41, 5.74) is 10.5. The summed E-state index contributed by atoms with van der Waals surface area (Å²) in [6, 6.07) is 13.0. The van der Waals surface area contributed by atoms with Gasteiger partial charge in [-0.05, 0) is 36.2 Å². The first-order valence-corrected chi connectivity index (χ1v) is 10.8. The van der Waals surface area contributed by atoms with Crippen molar-refractivity contribution in [2.24, 2.45) is 0 Å². The monoisotopic (exact) mass is 441 g/mol. The molecular formula is C24H19N5O2S. The van der Waals surface area contributed by atoms with Crippen molar-refractivity contribution in [2.45, 2.75) is 13.3 Å². The Hall–Kier alpha value is -4.04. The van der Waals surface area contributed by atoms with Crippen LogP contribution in [0.4, 0.5) is 11.5 Å². The lowest BCUT2D eigenvalue weighted by Crippen LogP contribution is -2.13. The molecule has 8 heteroatoms. The average molecular weight is 442 g/mol. The molecule has 0 aliphatic carbocycles. The van der Waals surface area contributed by atoms with Crippen molar-refractivity contribution in [1.29, 1.82) is 0 Å². The number of hydrogen-bond acceptors (Lipinski definition) is 7. The summed E-state index contributed by atoms with van der Waals surface area (Å²) < 4.78 is 0.702. The minimum absolute atomic E-state index is 0.230. The molecule has 5 rings (SSSR count). The lowest BCUT2D eigenvalue weighted by atomic mass is 10.00. The van der Waals surface area contributed by atoms with E-state index in [0.29, 0.717) is 28.0 Å². The number of rotatable bonds is 4. The molecule has 0 atom stereocenters. The summed E-state index contributed by atoms with van der Waals surface area (Å²) in [5, 5.41) is 16.2. The van der Waals surface area contributed by atoms with E-state index in [1.54, 1.807) is 23.7 Å². The van der Waals surface area contributed by atoms with E-state index >= 15 is 0 Å². The van der Waals surface area contributed by atoms with Crippen molar-refractivity contribution >= 4 is 49.7 Å². The molecule has 0 aliphatic rings. The zero-order valence-corrected chi connectivity index (χ0v) is 18.0. The second-order valence-corrected chi connectivity index (χ2v) is 8.37. The first-order chi connectivity index (χ1) is 15.5. The van der Waals surface area contributed by atoms with Gasteiger partial charge in [0, 0.05) is 28.8 Å². The smallest absolute Gasteiger partial charge is 0.258 e. The predicted molar refractivity (Wildman–Crippen MR) is 127 cm³/mol. The van der Waals surface area contributed by atoms with Gasteiger partial charge in [-0.2, -0.15) is 0 Å². The van der Waals surface area contributed by atoms with Crippen LogP contribution < -0.4 is 11.1 Å². The number of thiophene rings is 1. The van der Waals surface area contributed by atoms with Crippen LogP contribution in [0.2, 0.25) is 0 Å². The molecule has 2 aromatic carbocycles. The second-order valence-electron chi connectivity index (χ2n) is 7.49. The van der Waals surface area contributed by atoms with Gasteiger partial charge >= 0.3 is 0 Å². The summed E-state index contributed by atoms with van der Waals surface area (Å²) in [5.74, 6) is 0.348. The van der Waals surface area contributed by atoms with Gasteiger partial charge in [-0.15, -0.1) is 11.3 Å². The molecule has 0 unspecified atom stereocenters. The summed E-state index contributed by atoms with van der Waals surface area (Å²) in [6.07, 6.45) is 3.73. The summed E-state index contributed by atoms with van der Waals surface area (Å²) >= 11 is 1.35. The third-order valence-corrected chi connectivity index (χ3v) is 6.40. The summed E-state index contributed by atoms with van der Waals surface area (Å²) in [4.78, 5) is 26.0. The minimum atomic E-state index is -0.248. The Morgan fingerprint density at radius 1 is 1.06 bits per heavy atom. The lowest BCUT2D eigenvalue weighted by Gasteiger charge is -2.14. The van der Waals surface area contributed by atoms with E-state index in [1.165, 1.54) is 17.7 Å². The van der Waals surface area contributed by atoms with E-state index in [0.717, 1.165) is 33.3 Å². The molecule has 3 heterocycles. The zero-order valence-electron chi connectivity index (χ0n) is 17.2. The number of nitrogens with two attached hydrogens (primary N) is 1. The number of nitrogens with zero attached hydrogens (tertiary/aromatic N) is 3. The van der Waals surface area contributed by atoms with Crippen molar-refractivity contribution in [3.05, 3.63) is 82.8 Å². The number of aryl methyl sites for hydroxylation is 1. The number of carbonyl (C=O) groups is 1. The highest BCUT2D eigenvalue weighted by Gasteiger charge is 2.18. The third kappa shape index (κ3) is 3.50. The van der Waals surface area contributed by atoms with Crippen molar-refractivity contribution in [2.75, 3.05) is 11.1 Å². The Labute approximate surface area is 187 Å². The van der Waals surface area contributed by atoms with Gasteiger partial charge in [0.2, 0.25) is 0 Å². The number of benzene rings is 2. The number of anilines is 2.